The van der Waals surface area contributed by atoms with Gasteiger partial charge in [-0.2, -0.15) is 15.0 Å². The third-order valence-electron chi connectivity index (χ3n) is 3.48. The van der Waals surface area contributed by atoms with E-state index in [0.29, 0.717) is 29.7 Å². The van der Waals surface area contributed by atoms with Crippen LogP contribution in [0.2, 0.25) is 0 Å². The Hall–Kier alpha value is -3.10. The zero-order valence-corrected chi connectivity index (χ0v) is 15.4. The van der Waals surface area contributed by atoms with Crippen molar-refractivity contribution < 1.29 is 19.0 Å². The monoisotopic (exact) mass is 361 g/mol. The minimum Gasteiger partial charge on any atom is -0.497 e. The summed E-state index contributed by atoms with van der Waals surface area (Å²) in [6, 6.07) is 5.48. The first kappa shape index (κ1) is 19.2. The Morgan fingerprint density at radius 2 is 1.73 bits per heavy atom. The fraction of sp³-hybridized carbons (Fsp3) is 0.412. The molecule has 0 unspecified atom stereocenters. The molecule has 0 atom stereocenters. The number of aryl methyl sites for hydroxylation is 1. The largest absolute Gasteiger partial charge is 0.497 e. The Labute approximate surface area is 152 Å². The molecular formula is C17H23N5O4. The van der Waals surface area contributed by atoms with Crippen molar-refractivity contribution in [2.24, 2.45) is 0 Å². The number of nitrogen functional groups attached to an aromatic ring is 1. The van der Waals surface area contributed by atoms with Gasteiger partial charge in [0.05, 0.1) is 14.2 Å². The van der Waals surface area contributed by atoms with Crippen molar-refractivity contribution in [1.82, 2.24) is 15.0 Å². The predicted octanol–water partition coefficient (Wildman–Crippen LogP) is 1.21. The van der Waals surface area contributed by atoms with Gasteiger partial charge in [0, 0.05) is 26.6 Å². The zero-order chi connectivity index (χ0) is 19.1. The topological polar surface area (TPSA) is 113 Å². The van der Waals surface area contributed by atoms with Crippen LogP contribution in [0.15, 0.2) is 18.2 Å². The van der Waals surface area contributed by atoms with Gasteiger partial charge in [0.2, 0.25) is 11.9 Å². The number of carbonyl (C=O) groups is 1. The Kier molecular flexibility index (Phi) is 6.54. The van der Waals surface area contributed by atoms with Gasteiger partial charge in [0.1, 0.15) is 11.5 Å². The van der Waals surface area contributed by atoms with Crippen LogP contribution in [-0.2, 0) is 22.6 Å². The number of nitrogens with two attached hydrogens (primary N) is 1. The van der Waals surface area contributed by atoms with Crippen LogP contribution in [0.5, 0.6) is 11.5 Å². The molecule has 0 radical (unpaired) electrons. The number of hydrogen-bond donors (Lipinski definition) is 1. The van der Waals surface area contributed by atoms with Crippen molar-refractivity contribution in [3.8, 4) is 11.5 Å². The van der Waals surface area contributed by atoms with E-state index in [0.717, 1.165) is 5.56 Å². The van der Waals surface area contributed by atoms with Crippen LogP contribution in [0, 0.1) is 0 Å². The molecular weight excluding hydrogens is 338 g/mol. The molecule has 1 aromatic heterocycles. The molecule has 2 N–H and O–H groups in total. The molecule has 0 aliphatic heterocycles. The van der Waals surface area contributed by atoms with Crippen molar-refractivity contribution in [3.63, 3.8) is 0 Å². The van der Waals surface area contributed by atoms with Crippen LogP contribution < -0.4 is 20.1 Å². The average Bonchev–Trinajstić information content (AvgIpc) is 2.63. The SMILES string of the molecule is COc1cc(CCC(=O)OCc2nc(N)nc(N(C)C)n2)cc(OC)c1. The lowest BCUT2D eigenvalue weighted by Gasteiger charge is -2.11. The standard InChI is InChI=1S/C17H23N5O4/c1-22(2)17-20-14(19-16(18)21-17)10-26-15(23)6-5-11-7-12(24-3)9-13(8-11)25-4/h7-9H,5-6,10H2,1-4H3,(H2,18,19,20,21). The maximum atomic E-state index is 12.0. The van der Waals surface area contributed by atoms with E-state index in [2.05, 4.69) is 15.0 Å². The Morgan fingerprint density at radius 1 is 1.08 bits per heavy atom. The Bertz CT molecular complexity index is 737. The number of ether oxygens (including phenoxy) is 3. The number of nitrogens with zero attached hydrogens (tertiary/aromatic N) is 4. The van der Waals surface area contributed by atoms with Crippen molar-refractivity contribution in [1.29, 1.82) is 0 Å². The molecule has 2 rings (SSSR count). The van der Waals surface area contributed by atoms with E-state index >= 15 is 0 Å². The van der Waals surface area contributed by atoms with Crippen LogP contribution in [-0.4, -0.2) is 49.2 Å². The molecule has 0 aliphatic rings. The molecule has 0 aliphatic carbocycles. The molecule has 1 heterocycles. The van der Waals surface area contributed by atoms with E-state index in [4.69, 9.17) is 19.9 Å². The van der Waals surface area contributed by atoms with E-state index in [1.165, 1.54) is 0 Å². The minimum absolute atomic E-state index is 0.0617. The lowest BCUT2D eigenvalue weighted by atomic mass is 10.1. The molecule has 0 spiro atoms. The summed E-state index contributed by atoms with van der Waals surface area (Å²) in [5.41, 5.74) is 6.55. The summed E-state index contributed by atoms with van der Waals surface area (Å²) in [5.74, 6) is 1.77. The van der Waals surface area contributed by atoms with Gasteiger partial charge in [-0.3, -0.25) is 4.79 Å². The molecule has 0 bridgehead atoms. The van der Waals surface area contributed by atoms with Gasteiger partial charge in [0.15, 0.2) is 12.4 Å². The second-order valence-electron chi connectivity index (χ2n) is 5.69. The third kappa shape index (κ3) is 5.47. The lowest BCUT2D eigenvalue weighted by Crippen LogP contribution is -2.17. The predicted molar refractivity (Wildman–Crippen MR) is 96.2 cm³/mol. The molecule has 26 heavy (non-hydrogen) atoms. The van der Waals surface area contributed by atoms with E-state index < -0.39 is 0 Å². The van der Waals surface area contributed by atoms with Gasteiger partial charge in [-0.1, -0.05) is 0 Å². The molecule has 0 saturated carbocycles. The molecule has 0 fully saturated rings. The van der Waals surface area contributed by atoms with Crippen LogP contribution in [0.1, 0.15) is 17.8 Å². The number of rotatable bonds is 8. The van der Waals surface area contributed by atoms with Crippen LogP contribution in [0.4, 0.5) is 11.9 Å². The first-order valence-electron chi connectivity index (χ1n) is 7.96. The quantitative estimate of drug-likeness (QED) is 0.693. The van der Waals surface area contributed by atoms with Crippen molar-refractivity contribution >= 4 is 17.9 Å². The number of benzene rings is 1. The number of carbonyl (C=O) groups excluding carboxylic acids is 1. The van der Waals surface area contributed by atoms with Crippen LogP contribution >= 0.6 is 0 Å². The highest BCUT2D eigenvalue weighted by molar-refractivity contribution is 5.69. The molecule has 9 heteroatoms. The van der Waals surface area contributed by atoms with Gasteiger partial charge < -0.3 is 24.8 Å². The second kappa shape index (κ2) is 8.84. The summed E-state index contributed by atoms with van der Waals surface area (Å²) in [6.45, 7) is -0.0617. The minimum atomic E-state index is -0.364. The molecule has 1 aromatic carbocycles. The number of hydrogen-bond acceptors (Lipinski definition) is 9. The smallest absolute Gasteiger partial charge is 0.306 e. The van der Waals surface area contributed by atoms with E-state index in [9.17, 15) is 4.79 Å². The van der Waals surface area contributed by atoms with Crippen LogP contribution in [0.3, 0.4) is 0 Å². The maximum absolute atomic E-state index is 12.0. The van der Waals surface area contributed by atoms with Gasteiger partial charge >= 0.3 is 5.97 Å². The van der Waals surface area contributed by atoms with E-state index in [-0.39, 0.29) is 24.9 Å². The summed E-state index contributed by atoms with van der Waals surface area (Å²) in [6.07, 6.45) is 0.701. The number of aromatic nitrogens is 3. The number of anilines is 2. The number of methoxy groups -OCH3 is 2. The highest BCUT2D eigenvalue weighted by Crippen LogP contribution is 2.23. The van der Waals surface area contributed by atoms with Crippen molar-refractivity contribution in [2.75, 3.05) is 38.9 Å². The lowest BCUT2D eigenvalue weighted by molar-refractivity contribution is -0.145. The van der Waals surface area contributed by atoms with Crippen molar-refractivity contribution in [3.05, 3.63) is 29.6 Å². The number of esters is 1. The second-order valence-corrected chi connectivity index (χ2v) is 5.69. The average molecular weight is 361 g/mol. The summed E-state index contributed by atoms with van der Waals surface area (Å²) in [5, 5.41) is 0. The summed E-state index contributed by atoms with van der Waals surface area (Å²) < 4.78 is 15.7. The van der Waals surface area contributed by atoms with Crippen molar-refractivity contribution in [2.45, 2.75) is 19.4 Å². The van der Waals surface area contributed by atoms with Gasteiger partial charge in [-0.25, -0.2) is 0 Å². The highest BCUT2D eigenvalue weighted by atomic mass is 16.5. The van der Waals surface area contributed by atoms with Gasteiger partial charge in [0.25, 0.3) is 0 Å². The first-order valence-corrected chi connectivity index (χ1v) is 7.96. The normalized spacial score (nSPS) is 10.3. The highest BCUT2D eigenvalue weighted by Gasteiger charge is 2.10. The van der Waals surface area contributed by atoms with E-state index in [1.807, 2.05) is 12.1 Å². The van der Waals surface area contributed by atoms with Crippen LogP contribution in [0.25, 0.3) is 0 Å². The Balaban J connectivity index is 1.92. The third-order valence-corrected chi connectivity index (χ3v) is 3.48. The summed E-state index contributed by atoms with van der Waals surface area (Å²) >= 11 is 0. The summed E-state index contributed by atoms with van der Waals surface area (Å²) in [7, 11) is 6.73. The molecule has 9 nitrogen and oxygen atoms in total. The molecule has 0 saturated heterocycles. The summed E-state index contributed by atoms with van der Waals surface area (Å²) in [4.78, 5) is 25.8. The van der Waals surface area contributed by atoms with Gasteiger partial charge in [-0.15, -0.1) is 0 Å². The van der Waals surface area contributed by atoms with E-state index in [1.54, 1.807) is 39.3 Å². The Morgan fingerprint density at radius 3 is 2.31 bits per heavy atom. The zero-order valence-electron chi connectivity index (χ0n) is 15.4. The molecule has 140 valence electrons. The van der Waals surface area contributed by atoms with Gasteiger partial charge in [-0.05, 0) is 24.1 Å². The molecule has 2 aromatic rings. The first-order chi connectivity index (χ1) is 12.4. The fourth-order valence-corrected chi connectivity index (χ4v) is 2.16. The molecule has 0 amide bonds. The fourth-order valence-electron chi connectivity index (χ4n) is 2.16. The maximum Gasteiger partial charge on any atom is 0.306 e.